The molecule has 1 aromatic carbocycles. The van der Waals surface area contributed by atoms with Gasteiger partial charge >= 0.3 is 0 Å². The standard InChI is InChI=1S/C16H21N3O2/c1-19(10-14(20)18-13-6-7-13)15(21)16(8-9-16)11-2-4-12(17)5-3-11/h2-5,13H,6-10,17H2,1H3,(H,18,20). The highest BCUT2D eigenvalue weighted by molar-refractivity contribution is 5.94. The van der Waals surface area contributed by atoms with Gasteiger partial charge in [-0.15, -0.1) is 0 Å². The Labute approximate surface area is 124 Å². The predicted octanol–water partition coefficient (Wildman–Crippen LogP) is 1.04. The van der Waals surface area contributed by atoms with Crippen LogP contribution in [0, 0.1) is 0 Å². The average Bonchev–Trinajstić information content (AvgIpc) is 3.33. The van der Waals surface area contributed by atoms with Gasteiger partial charge < -0.3 is 16.0 Å². The zero-order chi connectivity index (χ0) is 15.0. The van der Waals surface area contributed by atoms with Gasteiger partial charge in [-0.3, -0.25) is 9.59 Å². The molecule has 1 aromatic rings. The summed E-state index contributed by atoms with van der Waals surface area (Å²) in [6.07, 6.45) is 3.78. The molecule has 0 aliphatic heterocycles. The van der Waals surface area contributed by atoms with E-state index in [9.17, 15) is 9.59 Å². The van der Waals surface area contributed by atoms with Crippen molar-refractivity contribution in [1.29, 1.82) is 0 Å². The largest absolute Gasteiger partial charge is 0.399 e. The summed E-state index contributed by atoms with van der Waals surface area (Å²) < 4.78 is 0. The highest BCUT2D eigenvalue weighted by Crippen LogP contribution is 2.49. The van der Waals surface area contributed by atoms with Crippen LogP contribution >= 0.6 is 0 Å². The van der Waals surface area contributed by atoms with Crippen molar-refractivity contribution in [3.05, 3.63) is 29.8 Å². The Hall–Kier alpha value is -2.04. The third-order valence-corrected chi connectivity index (χ3v) is 4.29. The van der Waals surface area contributed by atoms with Crippen LogP contribution < -0.4 is 11.1 Å². The van der Waals surface area contributed by atoms with Crippen molar-refractivity contribution in [3.63, 3.8) is 0 Å². The lowest BCUT2D eigenvalue weighted by Gasteiger charge is -2.23. The monoisotopic (exact) mass is 287 g/mol. The molecule has 2 aliphatic rings. The number of amides is 2. The van der Waals surface area contributed by atoms with E-state index >= 15 is 0 Å². The van der Waals surface area contributed by atoms with Gasteiger partial charge in [-0.25, -0.2) is 0 Å². The highest BCUT2D eigenvalue weighted by Gasteiger charge is 2.52. The summed E-state index contributed by atoms with van der Waals surface area (Å²) in [5, 5.41) is 2.91. The number of nitrogens with two attached hydrogens (primary N) is 1. The summed E-state index contributed by atoms with van der Waals surface area (Å²) in [4.78, 5) is 26.0. The molecule has 3 rings (SSSR count). The van der Waals surface area contributed by atoms with E-state index in [0.29, 0.717) is 11.7 Å². The van der Waals surface area contributed by atoms with E-state index in [0.717, 1.165) is 31.2 Å². The second-order valence-corrected chi connectivity index (χ2v) is 6.21. The Bertz CT molecular complexity index is 559. The van der Waals surface area contributed by atoms with Crippen LogP contribution in [0.2, 0.25) is 0 Å². The molecule has 2 fully saturated rings. The number of hydrogen-bond acceptors (Lipinski definition) is 3. The Balaban J connectivity index is 1.65. The number of nitrogens with zero attached hydrogens (tertiary/aromatic N) is 1. The predicted molar refractivity (Wildman–Crippen MR) is 80.6 cm³/mol. The first-order valence-corrected chi connectivity index (χ1v) is 7.42. The van der Waals surface area contributed by atoms with Gasteiger partial charge in [-0.1, -0.05) is 12.1 Å². The first kappa shape index (κ1) is 13.9. The number of carbonyl (C=O) groups excluding carboxylic acids is 2. The van der Waals surface area contributed by atoms with Crippen LogP contribution in [0.1, 0.15) is 31.2 Å². The summed E-state index contributed by atoms with van der Waals surface area (Å²) >= 11 is 0. The first-order valence-electron chi connectivity index (χ1n) is 7.42. The summed E-state index contributed by atoms with van der Waals surface area (Å²) in [6, 6.07) is 7.80. The Morgan fingerprint density at radius 3 is 2.43 bits per heavy atom. The topological polar surface area (TPSA) is 75.4 Å². The summed E-state index contributed by atoms with van der Waals surface area (Å²) in [5.41, 5.74) is 6.94. The lowest BCUT2D eigenvalue weighted by Crippen LogP contribution is -2.43. The zero-order valence-electron chi connectivity index (χ0n) is 12.3. The molecule has 5 heteroatoms. The molecule has 0 saturated heterocycles. The van der Waals surface area contributed by atoms with Crippen molar-refractivity contribution in [2.45, 2.75) is 37.1 Å². The van der Waals surface area contributed by atoms with Gasteiger partial charge in [0, 0.05) is 18.8 Å². The van der Waals surface area contributed by atoms with Crippen molar-refractivity contribution < 1.29 is 9.59 Å². The zero-order valence-corrected chi connectivity index (χ0v) is 12.3. The summed E-state index contributed by atoms with van der Waals surface area (Å²) in [6.45, 7) is 0.131. The maximum atomic E-state index is 12.7. The van der Waals surface area contributed by atoms with Crippen LogP contribution in [0.3, 0.4) is 0 Å². The fourth-order valence-corrected chi connectivity index (χ4v) is 2.71. The number of rotatable bonds is 5. The van der Waals surface area contributed by atoms with E-state index in [1.165, 1.54) is 0 Å². The molecule has 0 unspecified atom stereocenters. The van der Waals surface area contributed by atoms with Crippen LogP contribution in [0.25, 0.3) is 0 Å². The fraction of sp³-hybridized carbons (Fsp3) is 0.500. The minimum absolute atomic E-state index is 0.0261. The van der Waals surface area contributed by atoms with E-state index in [1.807, 2.05) is 24.3 Å². The molecular weight excluding hydrogens is 266 g/mol. The number of carbonyl (C=O) groups is 2. The maximum absolute atomic E-state index is 12.7. The normalized spacial score (nSPS) is 18.9. The van der Waals surface area contributed by atoms with Crippen molar-refractivity contribution in [2.24, 2.45) is 0 Å². The third-order valence-electron chi connectivity index (χ3n) is 4.29. The molecule has 0 aromatic heterocycles. The Morgan fingerprint density at radius 1 is 1.29 bits per heavy atom. The van der Waals surface area contributed by atoms with Crippen molar-refractivity contribution in [1.82, 2.24) is 10.2 Å². The maximum Gasteiger partial charge on any atom is 0.239 e. The number of benzene rings is 1. The van der Waals surface area contributed by atoms with Crippen LogP contribution in [0.4, 0.5) is 5.69 Å². The molecule has 2 aliphatic carbocycles. The molecule has 21 heavy (non-hydrogen) atoms. The second kappa shape index (κ2) is 5.06. The van der Waals surface area contributed by atoms with Gasteiger partial charge in [0.1, 0.15) is 0 Å². The molecular formula is C16H21N3O2. The smallest absolute Gasteiger partial charge is 0.239 e. The molecule has 0 heterocycles. The highest BCUT2D eigenvalue weighted by atomic mass is 16.2. The SMILES string of the molecule is CN(CC(=O)NC1CC1)C(=O)C1(c2ccc(N)cc2)CC1. The number of likely N-dealkylation sites (N-methyl/N-ethyl adjacent to an activating group) is 1. The van der Waals surface area contributed by atoms with E-state index in [1.54, 1.807) is 11.9 Å². The minimum Gasteiger partial charge on any atom is -0.399 e. The van der Waals surface area contributed by atoms with E-state index in [4.69, 9.17) is 5.73 Å². The van der Waals surface area contributed by atoms with Gasteiger partial charge in [-0.05, 0) is 43.4 Å². The third kappa shape index (κ3) is 2.86. The van der Waals surface area contributed by atoms with Crippen molar-refractivity contribution in [3.8, 4) is 0 Å². The number of anilines is 1. The van der Waals surface area contributed by atoms with Gasteiger partial charge in [0.15, 0.2) is 0 Å². The molecule has 2 saturated carbocycles. The fourth-order valence-electron chi connectivity index (χ4n) is 2.71. The van der Waals surface area contributed by atoms with Crippen molar-refractivity contribution in [2.75, 3.05) is 19.3 Å². The lowest BCUT2D eigenvalue weighted by molar-refractivity contribution is -0.136. The van der Waals surface area contributed by atoms with Crippen molar-refractivity contribution >= 4 is 17.5 Å². The van der Waals surface area contributed by atoms with Crippen LogP contribution in [0.5, 0.6) is 0 Å². The van der Waals surface area contributed by atoms with E-state index in [2.05, 4.69) is 5.32 Å². The molecule has 0 radical (unpaired) electrons. The molecule has 5 nitrogen and oxygen atoms in total. The van der Waals surface area contributed by atoms with Gasteiger partial charge in [0.05, 0.1) is 12.0 Å². The molecule has 3 N–H and O–H groups in total. The van der Waals surface area contributed by atoms with Crippen LogP contribution in [-0.2, 0) is 15.0 Å². The molecule has 0 bridgehead atoms. The quantitative estimate of drug-likeness (QED) is 0.794. The first-order chi connectivity index (χ1) is 10.0. The lowest BCUT2D eigenvalue weighted by atomic mass is 9.94. The van der Waals surface area contributed by atoms with Crippen LogP contribution in [-0.4, -0.2) is 36.3 Å². The van der Waals surface area contributed by atoms with Crippen LogP contribution in [0.15, 0.2) is 24.3 Å². The summed E-state index contributed by atoms with van der Waals surface area (Å²) in [5.74, 6) is -0.0420. The number of nitrogens with one attached hydrogen (secondary N) is 1. The second-order valence-electron chi connectivity index (χ2n) is 6.21. The van der Waals surface area contributed by atoms with Gasteiger partial charge in [0.2, 0.25) is 11.8 Å². The minimum atomic E-state index is -0.442. The Kier molecular flexibility index (Phi) is 3.35. The van der Waals surface area contributed by atoms with E-state index < -0.39 is 5.41 Å². The number of hydrogen-bond donors (Lipinski definition) is 2. The summed E-state index contributed by atoms with van der Waals surface area (Å²) in [7, 11) is 1.70. The van der Waals surface area contributed by atoms with E-state index in [-0.39, 0.29) is 18.4 Å². The Morgan fingerprint density at radius 2 is 1.90 bits per heavy atom. The molecule has 112 valence electrons. The number of nitrogen functional groups attached to an aromatic ring is 1. The molecule has 0 atom stereocenters. The molecule has 2 amide bonds. The molecule has 0 spiro atoms. The average molecular weight is 287 g/mol. The van der Waals surface area contributed by atoms with Gasteiger partial charge in [-0.2, -0.15) is 0 Å². The van der Waals surface area contributed by atoms with Gasteiger partial charge in [0.25, 0.3) is 0 Å².